The SMILES string of the molecule is CCSc1ccc(OCc2nnc(-c3ccccc3C)o2)cc1. The van der Waals surface area contributed by atoms with Gasteiger partial charge in [0.2, 0.25) is 5.89 Å². The molecule has 0 fully saturated rings. The fourth-order valence-electron chi connectivity index (χ4n) is 2.18. The lowest BCUT2D eigenvalue weighted by Crippen LogP contribution is -1.95. The molecule has 3 aromatic rings. The van der Waals surface area contributed by atoms with Gasteiger partial charge in [-0.15, -0.1) is 22.0 Å². The number of ether oxygens (including phenoxy) is 1. The van der Waals surface area contributed by atoms with Crippen molar-refractivity contribution < 1.29 is 9.15 Å². The zero-order valence-electron chi connectivity index (χ0n) is 13.2. The van der Waals surface area contributed by atoms with Crippen LogP contribution >= 0.6 is 11.8 Å². The molecule has 0 amide bonds. The van der Waals surface area contributed by atoms with E-state index >= 15 is 0 Å². The van der Waals surface area contributed by atoms with Crippen molar-refractivity contribution >= 4 is 11.8 Å². The molecule has 0 unspecified atom stereocenters. The monoisotopic (exact) mass is 326 g/mol. The van der Waals surface area contributed by atoms with E-state index in [1.54, 1.807) is 11.8 Å². The van der Waals surface area contributed by atoms with E-state index in [-0.39, 0.29) is 6.61 Å². The van der Waals surface area contributed by atoms with Crippen molar-refractivity contribution in [2.24, 2.45) is 0 Å². The zero-order chi connectivity index (χ0) is 16.1. The summed E-state index contributed by atoms with van der Waals surface area (Å²) in [7, 11) is 0. The number of thioether (sulfide) groups is 1. The van der Waals surface area contributed by atoms with Crippen LogP contribution in [0.3, 0.4) is 0 Å². The third kappa shape index (κ3) is 3.93. The first kappa shape index (κ1) is 15.6. The predicted octanol–water partition coefficient (Wildman–Crippen LogP) is 4.74. The van der Waals surface area contributed by atoms with Crippen LogP contribution in [0.25, 0.3) is 11.5 Å². The van der Waals surface area contributed by atoms with Gasteiger partial charge in [0.25, 0.3) is 5.89 Å². The lowest BCUT2D eigenvalue weighted by Gasteiger charge is -2.04. The number of hydrogen-bond donors (Lipinski definition) is 0. The van der Waals surface area contributed by atoms with Gasteiger partial charge in [-0.1, -0.05) is 25.1 Å². The predicted molar refractivity (Wildman–Crippen MR) is 91.6 cm³/mol. The summed E-state index contributed by atoms with van der Waals surface area (Å²) in [6.07, 6.45) is 0. The van der Waals surface area contributed by atoms with Gasteiger partial charge in [0.1, 0.15) is 5.75 Å². The van der Waals surface area contributed by atoms with E-state index in [9.17, 15) is 0 Å². The Morgan fingerprint density at radius 2 is 1.83 bits per heavy atom. The highest BCUT2D eigenvalue weighted by Gasteiger charge is 2.10. The quantitative estimate of drug-likeness (QED) is 0.613. The number of rotatable bonds is 6. The largest absolute Gasteiger partial charge is 0.484 e. The maximum Gasteiger partial charge on any atom is 0.254 e. The minimum Gasteiger partial charge on any atom is -0.484 e. The summed E-state index contributed by atoms with van der Waals surface area (Å²) in [5.74, 6) is 2.84. The van der Waals surface area contributed by atoms with E-state index in [0.29, 0.717) is 11.8 Å². The fraction of sp³-hybridized carbons (Fsp3) is 0.222. The van der Waals surface area contributed by atoms with Crippen molar-refractivity contribution in [1.29, 1.82) is 0 Å². The summed E-state index contributed by atoms with van der Waals surface area (Å²) in [5, 5.41) is 8.15. The van der Waals surface area contributed by atoms with E-state index in [4.69, 9.17) is 9.15 Å². The molecule has 2 aromatic carbocycles. The highest BCUT2D eigenvalue weighted by atomic mass is 32.2. The van der Waals surface area contributed by atoms with E-state index < -0.39 is 0 Å². The molecule has 4 nitrogen and oxygen atoms in total. The third-order valence-electron chi connectivity index (χ3n) is 3.34. The van der Waals surface area contributed by atoms with Gasteiger partial charge in [-0.3, -0.25) is 0 Å². The van der Waals surface area contributed by atoms with Crippen molar-refractivity contribution in [3.8, 4) is 17.2 Å². The number of hydrogen-bond acceptors (Lipinski definition) is 5. The Labute approximate surface area is 139 Å². The molecule has 0 atom stereocenters. The molecule has 0 spiro atoms. The van der Waals surface area contributed by atoms with Crippen LogP contribution in [0.4, 0.5) is 0 Å². The summed E-state index contributed by atoms with van der Waals surface area (Å²) in [5.41, 5.74) is 2.06. The van der Waals surface area contributed by atoms with E-state index in [2.05, 4.69) is 29.3 Å². The van der Waals surface area contributed by atoms with Gasteiger partial charge in [-0.05, 0) is 48.6 Å². The Morgan fingerprint density at radius 3 is 2.57 bits per heavy atom. The van der Waals surface area contributed by atoms with Crippen LogP contribution < -0.4 is 4.74 Å². The molecule has 1 heterocycles. The Hall–Kier alpha value is -2.27. The second kappa shape index (κ2) is 7.33. The highest BCUT2D eigenvalue weighted by Crippen LogP contribution is 2.23. The van der Waals surface area contributed by atoms with Crippen LogP contribution in [0, 0.1) is 6.92 Å². The lowest BCUT2D eigenvalue weighted by molar-refractivity contribution is 0.264. The van der Waals surface area contributed by atoms with E-state index in [1.165, 1.54) is 4.90 Å². The molecule has 0 aliphatic rings. The topological polar surface area (TPSA) is 48.2 Å². The number of nitrogens with zero attached hydrogens (tertiary/aromatic N) is 2. The highest BCUT2D eigenvalue weighted by molar-refractivity contribution is 7.99. The van der Waals surface area contributed by atoms with Gasteiger partial charge in [0.15, 0.2) is 6.61 Å². The van der Waals surface area contributed by atoms with Crippen molar-refractivity contribution in [2.45, 2.75) is 25.3 Å². The Kier molecular flexibility index (Phi) is 4.98. The smallest absolute Gasteiger partial charge is 0.254 e. The first-order valence-corrected chi connectivity index (χ1v) is 8.49. The van der Waals surface area contributed by atoms with E-state index in [1.807, 2.05) is 43.3 Å². The maximum absolute atomic E-state index is 5.70. The number of aromatic nitrogens is 2. The summed E-state index contributed by atoms with van der Waals surface area (Å²) in [6, 6.07) is 15.9. The molecular formula is C18H18N2O2S. The van der Waals surface area contributed by atoms with Gasteiger partial charge >= 0.3 is 0 Å². The van der Waals surface area contributed by atoms with Gasteiger partial charge in [0, 0.05) is 10.5 Å². The molecule has 0 N–H and O–H groups in total. The normalized spacial score (nSPS) is 10.7. The Bertz CT molecular complexity index is 769. The molecule has 3 rings (SSSR count). The van der Waals surface area contributed by atoms with Crippen molar-refractivity contribution in [2.75, 3.05) is 5.75 Å². The molecule has 1 aromatic heterocycles. The average molecular weight is 326 g/mol. The maximum atomic E-state index is 5.70. The first-order chi connectivity index (χ1) is 11.3. The van der Waals surface area contributed by atoms with Gasteiger partial charge < -0.3 is 9.15 Å². The molecule has 0 aliphatic carbocycles. The first-order valence-electron chi connectivity index (χ1n) is 7.50. The molecule has 0 aliphatic heterocycles. The van der Waals surface area contributed by atoms with Crippen LogP contribution in [-0.2, 0) is 6.61 Å². The van der Waals surface area contributed by atoms with Crippen molar-refractivity contribution in [3.63, 3.8) is 0 Å². The van der Waals surface area contributed by atoms with Crippen LogP contribution in [-0.4, -0.2) is 16.0 Å². The molecule has 0 bridgehead atoms. The summed E-state index contributed by atoms with van der Waals surface area (Å²) in [4.78, 5) is 1.24. The molecule has 0 saturated carbocycles. The number of benzene rings is 2. The minimum absolute atomic E-state index is 0.263. The molecule has 23 heavy (non-hydrogen) atoms. The Morgan fingerprint density at radius 1 is 1.04 bits per heavy atom. The van der Waals surface area contributed by atoms with Crippen LogP contribution in [0.5, 0.6) is 5.75 Å². The summed E-state index contributed by atoms with van der Waals surface area (Å²) < 4.78 is 11.4. The van der Waals surface area contributed by atoms with Gasteiger partial charge in [-0.2, -0.15) is 0 Å². The second-order valence-corrected chi connectivity index (χ2v) is 6.35. The van der Waals surface area contributed by atoms with Crippen LogP contribution in [0.1, 0.15) is 18.4 Å². The summed E-state index contributed by atoms with van der Waals surface area (Å²) in [6.45, 7) is 4.42. The van der Waals surface area contributed by atoms with Gasteiger partial charge in [-0.25, -0.2) is 0 Å². The summed E-state index contributed by atoms with van der Waals surface area (Å²) >= 11 is 1.80. The molecule has 0 radical (unpaired) electrons. The third-order valence-corrected chi connectivity index (χ3v) is 4.23. The average Bonchev–Trinajstić information content (AvgIpc) is 3.04. The fourth-order valence-corrected chi connectivity index (χ4v) is 2.84. The molecule has 5 heteroatoms. The standard InChI is InChI=1S/C18H18N2O2S/c1-3-23-15-10-8-14(9-11-15)21-12-17-19-20-18(22-17)16-7-5-4-6-13(16)2/h4-11H,3,12H2,1-2H3. The van der Waals surface area contributed by atoms with E-state index in [0.717, 1.165) is 22.6 Å². The molecule has 118 valence electrons. The zero-order valence-corrected chi connectivity index (χ0v) is 14.0. The van der Waals surface area contributed by atoms with Crippen LogP contribution in [0.2, 0.25) is 0 Å². The second-order valence-electron chi connectivity index (χ2n) is 5.01. The molecular weight excluding hydrogens is 308 g/mol. The Balaban J connectivity index is 1.64. The minimum atomic E-state index is 0.263. The van der Waals surface area contributed by atoms with Gasteiger partial charge in [0.05, 0.1) is 0 Å². The van der Waals surface area contributed by atoms with Crippen molar-refractivity contribution in [1.82, 2.24) is 10.2 Å². The van der Waals surface area contributed by atoms with Crippen molar-refractivity contribution in [3.05, 3.63) is 60.0 Å². The number of aryl methyl sites for hydroxylation is 1. The van der Waals surface area contributed by atoms with Crippen LogP contribution in [0.15, 0.2) is 57.8 Å². The molecule has 0 saturated heterocycles. The lowest BCUT2D eigenvalue weighted by atomic mass is 10.1.